The summed E-state index contributed by atoms with van der Waals surface area (Å²) in [5, 5.41) is 22.7. The number of guanidine groups is 1. The van der Waals surface area contributed by atoms with Crippen LogP contribution in [-0.2, 0) is 16.4 Å². The number of sulfonamides is 1. The van der Waals surface area contributed by atoms with E-state index in [4.69, 9.17) is 10.1 Å². The molecule has 4 rings (SSSR count). The van der Waals surface area contributed by atoms with E-state index >= 15 is 0 Å². The molecular formula is C28H34N4O3S. The van der Waals surface area contributed by atoms with Crippen LogP contribution < -0.4 is 15.8 Å². The Labute approximate surface area is 213 Å². The molecule has 0 radical (unpaired) electrons. The third-order valence-electron chi connectivity index (χ3n) is 6.48. The van der Waals surface area contributed by atoms with Gasteiger partial charge in [0.1, 0.15) is 5.75 Å². The molecule has 0 saturated heterocycles. The summed E-state index contributed by atoms with van der Waals surface area (Å²) < 4.78 is 23.0. The van der Waals surface area contributed by atoms with Crippen LogP contribution in [0.5, 0.6) is 5.75 Å². The second-order valence-corrected chi connectivity index (χ2v) is 10.8. The minimum atomic E-state index is -3.71. The van der Waals surface area contributed by atoms with Gasteiger partial charge in [-0.1, -0.05) is 74.2 Å². The third kappa shape index (κ3) is 7.32. The maximum atomic E-state index is 11.5. The van der Waals surface area contributed by atoms with Crippen LogP contribution in [0, 0.1) is 0 Å². The number of nitrogens with zero attached hydrogens (tertiary/aromatic N) is 1. The molecule has 1 aliphatic carbocycles. The summed E-state index contributed by atoms with van der Waals surface area (Å²) in [7, 11) is -3.71. The van der Waals surface area contributed by atoms with Gasteiger partial charge in [-0.3, -0.25) is 4.99 Å². The lowest BCUT2D eigenvalue weighted by atomic mass is 10.0. The first kappa shape index (κ1) is 25.7. The van der Waals surface area contributed by atoms with Crippen molar-refractivity contribution in [1.82, 2.24) is 5.32 Å². The molecule has 0 aromatic heterocycles. The molecule has 0 amide bonds. The minimum absolute atomic E-state index is 0.0981. The lowest BCUT2D eigenvalue weighted by Gasteiger charge is -2.21. The van der Waals surface area contributed by atoms with Gasteiger partial charge in [0.25, 0.3) is 0 Å². The van der Waals surface area contributed by atoms with Gasteiger partial charge in [0.15, 0.2) is 5.96 Å². The summed E-state index contributed by atoms with van der Waals surface area (Å²) in [5.41, 5.74) is 3.63. The molecule has 190 valence electrons. The summed E-state index contributed by atoms with van der Waals surface area (Å²) in [6, 6.07) is 22.4. The number of anilines is 1. The molecule has 8 heteroatoms. The van der Waals surface area contributed by atoms with E-state index in [1.165, 1.54) is 37.8 Å². The number of hydrogen-bond acceptors (Lipinski definition) is 4. The fourth-order valence-corrected chi connectivity index (χ4v) is 4.97. The number of primary sulfonamides is 1. The standard InChI is InChI=1S/C28H34N4O3S/c29-36(34,35)25-15-12-21(13-16-25)18-19-30-28(31-24-10-6-1-2-7-11-24)32-26-20-23(14-17-27(26)33)22-8-4-3-5-9-22/h3-5,8-9,12-17,20,24,33H,1-2,6-7,10-11,18-19H2,(H2,29,34,35)(H2,30,31,32). The summed E-state index contributed by atoms with van der Waals surface area (Å²) in [4.78, 5) is 4.89. The monoisotopic (exact) mass is 506 g/mol. The first-order valence-corrected chi connectivity index (χ1v) is 14.0. The molecule has 0 aliphatic heterocycles. The first-order chi connectivity index (χ1) is 17.4. The van der Waals surface area contributed by atoms with E-state index in [-0.39, 0.29) is 10.6 Å². The number of benzene rings is 3. The molecule has 5 N–H and O–H groups in total. The van der Waals surface area contributed by atoms with Gasteiger partial charge < -0.3 is 15.7 Å². The Kier molecular flexibility index (Phi) is 8.61. The van der Waals surface area contributed by atoms with Gasteiger partial charge in [-0.2, -0.15) is 0 Å². The van der Waals surface area contributed by atoms with E-state index in [2.05, 4.69) is 10.6 Å². The second-order valence-electron chi connectivity index (χ2n) is 9.23. The molecule has 1 aliphatic rings. The highest BCUT2D eigenvalue weighted by Crippen LogP contribution is 2.30. The number of nitrogens with one attached hydrogen (secondary N) is 2. The van der Waals surface area contributed by atoms with Crippen LogP contribution in [0.2, 0.25) is 0 Å². The number of nitrogens with two attached hydrogens (primary N) is 1. The van der Waals surface area contributed by atoms with E-state index in [0.29, 0.717) is 30.7 Å². The van der Waals surface area contributed by atoms with Crippen molar-refractivity contribution in [3.05, 3.63) is 78.4 Å². The predicted molar refractivity (Wildman–Crippen MR) is 146 cm³/mol. The maximum Gasteiger partial charge on any atom is 0.238 e. The van der Waals surface area contributed by atoms with E-state index in [1.54, 1.807) is 18.2 Å². The van der Waals surface area contributed by atoms with Gasteiger partial charge in [-0.05, 0) is 60.2 Å². The van der Waals surface area contributed by atoms with Crippen LogP contribution in [0.3, 0.4) is 0 Å². The highest BCUT2D eigenvalue weighted by molar-refractivity contribution is 7.89. The predicted octanol–water partition coefficient (Wildman–Crippen LogP) is 5.03. The Morgan fingerprint density at radius 2 is 1.61 bits per heavy atom. The largest absolute Gasteiger partial charge is 0.506 e. The summed E-state index contributed by atoms with van der Waals surface area (Å²) in [6.07, 6.45) is 7.71. The molecule has 0 bridgehead atoms. The molecular weight excluding hydrogens is 472 g/mol. The van der Waals surface area contributed by atoms with Crippen LogP contribution in [0.1, 0.15) is 44.1 Å². The highest BCUT2D eigenvalue weighted by atomic mass is 32.2. The molecule has 1 saturated carbocycles. The molecule has 36 heavy (non-hydrogen) atoms. The zero-order valence-electron chi connectivity index (χ0n) is 20.4. The zero-order chi connectivity index (χ0) is 25.4. The van der Waals surface area contributed by atoms with Gasteiger partial charge in [0, 0.05) is 12.6 Å². The van der Waals surface area contributed by atoms with Crippen LogP contribution in [0.15, 0.2) is 82.7 Å². The summed E-state index contributed by atoms with van der Waals surface area (Å²) in [6.45, 7) is 0.496. The molecule has 0 spiro atoms. The van der Waals surface area contributed by atoms with Crippen molar-refractivity contribution in [2.24, 2.45) is 10.1 Å². The number of phenolic OH excluding ortho intramolecular Hbond substituents is 1. The van der Waals surface area contributed by atoms with E-state index in [0.717, 1.165) is 29.5 Å². The number of aliphatic imine (C=N–C) groups is 1. The SMILES string of the molecule is NS(=O)(=O)c1ccc(CCN=C(Nc2cc(-c3ccccc3)ccc2O)NC2CCCCCC2)cc1. The summed E-state index contributed by atoms with van der Waals surface area (Å²) in [5.74, 6) is 0.784. The summed E-state index contributed by atoms with van der Waals surface area (Å²) >= 11 is 0. The molecule has 0 atom stereocenters. The van der Waals surface area contributed by atoms with E-state index < -0.39 is 10.0 Å². The zero-order valence-corrected chi connectivity index (χ0v) is 21.2. The van der Waals surface area contributed by atoms with Gasteiger partial charge >= 0.3 is 0 Å². The van der Waals surface area contributed by atoms with Gasteiger partial charge in [0.2, 0.25) is 10.0 Å². The van der Waals surface area contributed by atoms with Gasteiger partial charge in [-0.15, -0.1) is 0 Å². The van der Waals surface area contributed by atoms with Crippen molar-refractivity contribution in [2.75, 3.05) is 11.9 Å². The van der Waals surface area contributed by atoms with Crippen LogP contribution >= 0.6 is 0 Å². The van der Waals surface area contributed by atoms with Crippen molar-refractivity contribution in [1.29, 1.82) is 0 Å². The van der Waals surface area contributed by atoms with E-state index in [1.807, 2.05) is 42.5 Å². The normalized spacial score (nSPS) is 15.3. The van der Waals surface area contributed by atoms with Crippen molar-refractivity contribution in [2.45, 2.75) is 55.9 Å². The highest BCUT2D eigenvalue weighted by Gasteiger charge is 2.15. The average Bonchev–Trinajstić information content (AvgIpc) is 3.14. The Morgan fingerprint density at radius 1 is 0.917 bits per heavy atom. The van der Waals surface area contributed by atoms with Crippen molar-refractivity contribution in [3.8, 4) is 16.9 Å². The quantitative estimate of drug-likeness (QED) is 0.155. The van der Waals surface area contributed by atoms with Crippen LogP contribution in [0.25, 0.3) is 11.1 Å². The number of hydrogen-bond donors (Lipinski definition) is 4. The fourth-order valence-electron chi connectivity index (χ4n) is 4.45. The molecule has 0 heterocycles. The lowest BCUT2D eigenvalue weighted by molar-refractivity contribution is 0.477. The Balaban J connectivity index is 1.52. The lowest BCUT2D eigenvalue weighted by Crippen LogP contribution is -2.39. The van der Waals surface area contributed by atoms with Gasteiger partial charge in [0.05, 0.1) is 10.6 Å². The van der Waals surface area contributed by atoms with Crippen molar-refractivity contribution < 1.29 is 13.5 Å². The van der Waals surface area contributed by atoms with E-state index in [9.17, 15) is 13.5 Å². The Bertz CT molecular complexity index is 1270. The maximum absolute atomic E-state index is 11.5. The fraction of sp³-hybridized carbons (Fsp3) is 0.321. The Morgan fingerprint density at radius 3 is 2.28 bits per heavy atom. The van der Waals surface area contributed by atoms with Crippen molar-refractivity contribution >= 4 is 21.7 Å². The molecule has 7 nitrogen and oxygen atoms in total. The van der Waals surface area contributed by atoms with Crippen LogP contribution in [0.4, 0.5) is 5.69 Å². The number of phenols is 1. The molecule has 1 fully saturated rings. The topological polar surface area (TPSA) is 117 Å². The van der Waals surface area contributed by atoms with Crippen LogP contribution in [-0.4, -0.2) is 32.1 Å². The number of aromatic hydroxyl groups is 1. The minimum Gasteiger partial charge on any atom is -0.506 e. The smallest absolute Gasteiger partial charge is 0.238 e. The van der Waals surface area contributed by atoms with Crippen molar-refractivity contribution in [3.63, 3.8) is 0 Å². The Hall–Kier alpha value is -3.36. The molecule has 3 aromatic rings. The van der Waals surface area contributed by atoms with Gasteiger partial charge in [-0.25, -0.2) is 13.6 Å². The second kappa shape index (κ2) is 12.1. The average molecular weight is 507 g/mol. The first-order valence-electron chi connectivity index (χ1n) is 12.5. The third-order valence-corrected chi connectivity index (χ3v) is 7.40. The molecule has 3 aromatic carbocycles. The molecule has 0 unspecified atom stereocenters. The number of rotatable bonds is 7.